The summed E-state index contributed by atoms with van der Waals surface area (Å²) in [5, 5.41) is 5.10. The molecule has 0 N–H and O–H groups in total. The summed E-state index contributed by atoms with van der Waals surface area (Å²) >= 11 is 0. The molecule has 3 rings (SSSR count). The summed E-state index contributed by atoms with van der Waals surface area (Å²) < 4.78 is 5.53. The topological polar surface area (TPSA) is 9.23 Å². The van der Waals surface area contributed by atoms with Gasteiger partial charge in [-0.25, -0.2) is 0 Å². The van der Waals surface area contributed by atoms with E-state index >= 15 is 0 Å². The highest BCUT2D eigenvalue weighted by atomic mass is 16.5. The summed E-state index contributed by atoms with van der Waals surface area (Å²) in [5.41, 5.74) is 0. The minimum atomic E-state index is 0.707. The number of hydrogen-bond donors (Lipinski definition) is 0. The largest absolute Gasteiger partial charge is 0.494 e. The summed E-state index contributed by atoms with van der Waals surface area (Å²) in [6.07, 6.45) is 0. The third-order valence-corrected chi connectivity index (χ3v) is 3.03. The van der Waals surface area contributed by atoms with Crippen LogP contribution in [0, 0.1) is 0 Å². The molecule has 1 heteroatoms. The van der Waals surface area contributed by atoms with Crippen molar-refractivity contribution in [3.63, 3.8) is 0 Å². The summed E-state index contributed by atoms with van der Waals surface area (Å²) in [6.45, 7) is 2.71. The maximum atomic E-state index is 5.53. The van der Waals surface area contributed by atoms with Crippen molar-refractivity contribution in [3.8, 4) is 5.75 Å². The molecular weight excluding hydrogens is 208 g/mol. The summed E-state index contributed by atoms with van der Waals surface area (Å²) in [5.74, 6) is 0.940. The second-order valence-electron chi connectivity index (χ2n) is 4.10. The molecule has 84 valence electrons. The van der Waals surface area contributed by atoms with Crippen molar-refractivity contribution in [2.45, 2.75) is 6.92 Å². The maximum Gasteiger partial charge on any atom is 0.119 e. The first-order chi connectivity index (χ1) is 8.38. The van der Waals surface area contributed by atoms with Crippen LogP contribution in [0.1, 0.15) is 6.92 Å². The zero-order valence-corrected chi connectivity index (χ0v) is 9.81. The quantitative estimate of drug-likeness (QED) is 0.584. The molecule has 0 saturated carbocycles. The van der Waals surface area contributed by atoms with E-state index in [2.05, 4.69) is 48.5 Å². The molecule has 17 heavy (non-hydrogen) atoms. The molecule has 0 amide bonds. The smallest absolute Gasteiger partial charge is 0.119 e. The van der Waals surface area contributed by atoms with E-state index < -0.39 is 0 Å². The molecular formula is C16H14O. The predicted octanol–water partition coefficient (Wildman–Crippen LogP) is 4.39. The molecule has 0 unspecified atom stereocenters. The molecule has 1 nitrogen and oxygen atoms in total. The summed E-state index contributed by atoms with van der Waals surface area (Å²) in [4.78, 5) is 0. The number of fused-ring (bicyclic) bond motifs is 3. The van der Waals surface area contributed by atoms with Gasteiger partial charge in [-0.3, -0.25) is 0 Å². The Morgan fingerprint density at radius 1 is 0.824 bits per heavy atom. The Kier molecular flexibility index (Phi) is 2.45. The van der Waals surface area contributed by atoms with Gasteiger partial charge in [-0.05, 0) is 40.6 Å². The fraction of sp³-hybridized carbons (Fsp3) is 0.125. The minimum absolute atomic E-state index is 0.707. The second kappa shape index (κ2) is 4.10. The molecule has 0 atom stereocenters. The van der Waals surface area contributed by atoms with E-state index in [0.717, 1.165) is 5.75 Å². The summed E-state index contributed by atoms with van der Waals surface area (Å²) in [7, 11) is 0. The third-order valence-electron chi connectivity index (χ3n) is 3.03. The molecule has 3 aromatic carbocycles. The Morgan fingerprint density at radius 2 is 1.59 bits per heavy atom. The van der Waals surface area contributed by atoms with Crippen molar-refractivity contribution in [3.05, 3.63) is 54.6 Å². The van der Waals surface area contributed by atoms with Gasteiger partial charge in [0.2, 0.25) is 0 Å². The van der Waals surface area contributed by atoms with Crippen LogP contribution in [0.25, 0.3) is 21.5 Å². The van der Waals surface area contributed by atoms with Gasteiger partial charge in [0.15, 0.2) is 0 Å². The highest BCUT2D eigenvalue weighted by molar-refractivity contribution is 6.07. The number of ether oxygens (including phenoxy) is 1. The Balaban J connectivity index is 2.29. The van der Waals surface area contributed by atoms with Crippen molar-refractivity contribution in [2.75, 3.05) is 6.61 Å². The van der Waals surface area contributed by atoms with Gasteiger partial charge in [0.1, 0.15) is 5.75 Å². The van der Waals surface area contributed by atoms with E-state index in [1.807, 2.05) is 13.0 Å². The summed E-state index contributed by atoms with van der Waals surface area (Å²) in [6, 6.07) is 19.1. The Labute approximate surface area is 101 Å². The van der Waals surface area contributed by atoms with E-state index in [4.69, 9.17) is 4.74 Å². The van der Waals surface area contributed by atoms with Crippen molar-refractivity contribution < 1.29 is 4.74 Å². The lowest BCUT2D eigenvalue weighted by Gasteiger charge is -2.07. The van der Waals surface area contributed by atoms with Crippen LogP contribution >= 0.6 is 0 Å². The van der Waals surface area contributed by atoms with Crippen LogP contribution in [0.15, 0.2) is 54.6 Å². The third kappa shape index (κ3) is 1.74. The lowest BCUT2D eigenvalue weighted by atomic mass is 10.0. The fourth-order valence-electron chi connectivity index (χ4n) is 2.25. The van der Waals surface area contributed by atoms with E-state index in [1.165, 1.54) is 21.5 Å². The fourth-order valence-corrected chi connectivity index (χ4v) is 2.25. The SMILES string of the molecule is CCOc1ccc2c(ccc3ccccc32)c1. The normalized spacial score (nSPS) is 10.9. The highest BCUT2D eigenvalue weighted by Gasteiger charge is 2.01. The minimum Gasteiger partial charge on any atom is -0.494 e. The average Bonchev–Trinajstić information content (AvgIpc) is 2.39. The zero-order chi connectivity index (χ0) is 11.7. The van der Waals surface area contributed by atoms with Gasteiger partial charge >= 0.3 is 0 Å². The van der Waals surface area contributed by atoms with Crippen molar-refractivity contribution in [1.82, 2.24) is 0 Å². The van der Waals surface area contributed by atoms with Gasteiger partial charge in [0.25, 0.3) is 0 Å². The molecule has 0 fully saturated rings. The van der Waals surface area contributed by atoms with Crippen molar-refractivity contribution in [1.29, 1.82) is 0 Å². The molecule has 0 heterocycles. The van der Waals surface area contributed by atoms with Crippen LogP contribution in [0.3, 0.4) is 0 Å². The van der Waals surface area contributed by atoms with E-state index in [1.54, 1.807) is 0 Å². The van der Waals surface area contributed by atoms with Crippen molar-refractivity contribution >= 4 is 21.5 Å². The second-order valence-corrected chi connectivity index (χ2v) is 4.10. The maximum absolute atomic E-state index is 5.53. The molecule has 0 aliphatic carbocycles. The molecule has 0 aliphatic heterocycles. The standard InChI is InChI=1S/C16H14O/c1-2-17-14-9-10-16-13(11-14)8-7-12-5-3-4-6-15(12)16/h3-11H,2H2,1H3. The van der Waals surface area contributed by atoms with Crippen LogP contribution in [0.5, 0.6) is 5.75 Å². The number of rotatable bonds is 2. The van der Waals surface area contributed by atoms with Crippen molar-refractivity contribution in [2.24, 2.45) is 0 Å². The predicted molar refractivity (Wildman–Crippen MR) is 72.6 cm³/mol. The Morgan fingerprint density at radius 3 is 2.47 bits per heavy atom. The van der Waals surface area contributed by atoms with Crippen LogP contribution < -0.4 is 4.74 Å². The first-order valence-electron chi connectivity index (χ1n) is 5.93. The van der Waals surface area contributed by atoms with Gasteiger partial charge in [-0.2, -0.15) is 0 Å². The molecule has 0 aliphatic rings. The molecule has 0 radical (unpaired) electrons. The van der Waals surface area contributed by atoms with E-state index in [9.17, 15) is 0 Å². The van der Waals surface area contributed by atoms with Gasteiger partial charge in [-0.15, -0.1) is 0 Å². The van der Waals surface area contributed by atoms with Gasteiger partial charge < -0.3 is 4.74 Å². The lowest BCUT2D eigenvalue weighted by molar-refractivity contribution is 0.341. The van der Waals surface area contributed by atoms with E-state index in [0.29, 0.717) is 6.61 Å². The molecule has 0 saturated heterocycles. The van der Waals surface area contributed by atoms with Gasteiger partial charge in [0, 0.05) is 0 Å². The van der Waals surface area contributed by atoms with Gasteiger partial charge in [0.05, 0.1) is 6.61 Å². The number of hydrogen-bond acceptors (Lipinski definition) is 1. The first kappa shape index (κ1) is 10.2. The monoisotopic (exact) mass is 222 g/mol. The molecule has 0 bridgehead atoms. The van der Waals surface area contributed by atoms with Gasteiger partial charge in [-0.1, -0.05) is 42.5 Å². The van der Waals surface area contributed by atoms with Crippen LogP contribution in [-0.2, 0) is 0 Å². The molecule has 0 spiro atoms. The Hall–Kier alpha value is -2.02. The van der Waals surface area contributed by atoms with Crippen LogP contribution in [0.4, 0.5) is 0 Å². The zero-order valence-electron chi connectivity index (χ0n) is 9.81. The van der Waals surface area contributed by atoms with Crippen LogP contribution in [0.2, 0.25) is 0 Å². The Bertz CT molecular complexity index is 670. The first-order valence-corrected chi connectivity index (χ1v) is 5.93. The van der Waals surface area contributed by atoms with E-state index in [-0.39, 0.29) is 0 Å². The highest BCUT2D eigenvalue weighted by Crippen LogP contribution is 2.28. The molecule has 3 aromatic rings. The lowest BCUT2D eigenvalue weighted by Crippen LogP contribution is -1.90. The van der Waals surface area contributed by atoms with Crippen LogP contribution in [-0.4, -0.2) is 6.61 Å². The number of benzene rings is 3. The molecule has 0 aromatic heterocycles. The average molecular weight is 222 g/mol.